The van der Waals surface area contributed by atoms with E-state index in [0.29, 0.717) is 16.6 Å². The second-order valence-corrected chi connectivity index (χ2v) is 8.00. The van der Waals surface area contributed by atoms with Crippen LogP contribution in [0.1, 0.15) is 46.5 Å². The molecule has 0 aliphatic heterocycles. The van der Waals surface area contributed by atoms with Crippen LogP contribution >= 0.6 is 11.8 Å². The number of rotatable bonds is 5. The largest absolute Gasteiger partial charge is 0.330 e. The van der Waals surface area contributed by atoms with Gasteiger partial charge in [0.15, 0.2) is 0 Å². The van der Waals surface area contributed by atoms with Gasteiger partial charge in [0.2, 0.25) is 0 Å². The fraction of sp³-hybridized carbons (Fsp3) is 0.706. The van der Waals surface area contributed by atoms with Crippen molar-refractivity contribution in [2.45, 2.75) is 56.6 Å². The van der Waals surface area contributed by atoms with Crippen molar-refractivity contribution in [3.05, 3.63) is 24.5 Å². The van der Waals surface area contributed by atoms with E-state index in [1.165, 1.54) is 30.6 Å². The molecule has 3 unspecified atom stereocenters. The van der Waals surface area contributed by atoms with Gasteiger partial charge in [-0.1, -0.05) is 27.2 Å². The van der Waals surface area contributed by atoms with E-state index in [-0.39, 0.29) is 0 Å². The third kappa shape index (κ3) is 3.76. The van der Waals surface area contributed by atoms with E-state index in [9.17, 15) is 0 Å². The van der Waals surface area contributed by atoms with Gasteiger partial charge < -0.3 is 5.73 Å². The molecule has 2 N–H and O–H groups in total. The van der Waals surface area contributed by atoms with Crippen LogP contribution in [0.25, 0.3) is 0 Å². The number of hydrogen-bond acceptors (Lipinski definition) is 3. The zero-order valence-electron chi connectivity index (χ0n) is 13.0. The molecule has 0 amide bonds. The zero-order valence-corrected chi connectivity index (χ0v) is 13.8. The average molecular weight is 292 g/mol. The Morgan fingerprint density at radius 1 is 1.30 bits per heavy atom. The molecule has 1 aliphatic rings. The van der Waals surface area contributed by atoms with Crippen LogP contribution in [0, 0.1) is 17.3 Å². The van der Waals surface area contributed by atoms with E-state index in [0.717, 1.165) is 12.5 Å². The molecule has 3 atom stereocenters. The van der Waals surface area contributed by atoms with Crippen molar-refractivity contribution in [3.63, 3.8) is 0 Å². The van der Waals surface area contributed by atoms with Crippen molar-refractivity contribution >= 4 is 11.8 Å². The van der Waals surface area contributed by atoms with Gasteiger partial charge in [-0.05, 0) is 55.2 Å². The smallest absolute Gasteiger partial charge is 0.0278 e. The second kappa shape index (κ2) is 6.95. The van der Waals surface area contributed by atoms with Gasteiger partial charge in [0.25, 0.3) is 0 Å². The van der Waals surface area contributed by atoms with E-state index in [1.54, 1.807) is 0 Å². The summed E-state index contributed by atoms with van der Waals surface area (Å²) in [7, 11) is 0. The molecule has 1 aromatic rings. The molecule has 1 aliphatic carbocycles. The molecular formula is C17H28N2S. The van der Waals surface area contributed by atoms with Crippen LogP contribution < -0.4 is 5.73 Å². The SMILES string of the molecule is CCC(C)(C)C1CCC(CN)C(Sc2ccncc2)C1. The van der Waals surface area contributed by atoms with E-state index >= 15 is 0 Å². The standard InChI is InChI=1S/C17H28N2S/c1-4-17(2,3)14-6-5-13(12-18)16(11-14)20-15-7-9-19-10-8-15/h7-10,13-14,16H,4-6,11-12,18H2,1-3H3. The lowest BCUT2D eigenvalue weighted by Gasteiger charge is -2.42. The molecule has 0 spiro atoms. The maximum absolute atomic E-state index is 6.01. The average Bonchev–Trinajstić information content (AvgIpc) is 2.48. The van der Waals surface area contributed by atoms with Gasteiger partial charge in [-0.3, -0.25) is 4.98 Å². The molecule has 1 saturated carbocycles. The van der Waals surface area contributed by atoms with Gasteiger partial charge in [0.05, 0.1) is 0 Å². The molecule has 20 heavy (non-hydrogen) atoms. The molecule has 1 heterocycles. The molecule has 1 aromatic heterocycles. The first-order chi connectivity index (χ1) is 9.56. The van der Waals surface area contributed by atoms with Crippen LogP contribution in [-0.4, -0.2) is 16.8 Å². The molecular weight excluding hydrogens is 264 g/mol. The minimum absolute atomic E-state index is 0.455. The molecule has 0 radical (unpaired) electrons. The van der Waals surface area contributed by atoms with Crippen molar-refractivity contribution in [1.82, 2.24) is 4.98 Å². The number of aromatic nitrogens is 1. The second-order valence-electron chi connectivity index (χ2n) is 6.69. The van der Waals surface area contributed by atoms with Crippen LogP contribution in [0.4, 0.5) is 0 Å². The lowest BCUT2D eigenvalue weighted by atomic mass is 9.67. The summed E-state index contributed by atoms with van der Waals surface area (Å²) in [5, 5.41) is 0.659. The van der Waals surface area contributed by atoms with Crippen LogP contribution in [0.15, 0.2) is 29.4 Å². The highest BCUT2D eigenvalue weighted by Crippen LogP contribution is 2.46. The summed E-state index contributed by atoms with van der Waals surface area (Å²) >= 11 is 2.01. The quantitative estimate of drug-likeness (QED) is 0.876. The third-order valence-corrected chi connectivity index (χ3v) is 6.61. The van der Waals surface area contributed by atoms with E-state index in [1.807, 2.05) is 24.2 Å². The Morgan fingerprint density at radius 3 is 2.60 bits per heavy atom. The number of nitrogens with zero attached hydrogens (tertiary/aromatic N) is 1. The summed E-state index contributed by atoms with van der Waals surface area (Å²) in [6, 6.07) is 4.24. The first-order valence-electron chi connectivity index (χ1n) is 7.83. The highest BCUT2D eigenvalue weighted by Gasteiger charge is 2.37. The minimum Gasteiger partial charge on any atom is -0.330 e. The molecule has 1 fully saturated rings. The Balaban J connectivity index is 2.07. The molecule has 2 rings (SSSR count). The summed E-state index contributed by atoms with van der Waals surface area (Å²) in [6.07, 6.45) is 8.96. The topological polar surface area (TPSA) is 38.9 Å². The highest BCUT2D eigenvalue weighted by atomic mass is 32.2. The Hall–Kier alpha value is -0.540. The van der Waals surface area contributed by atoms with Gasteiger partial charge in [-0.25, -0.2) is 0 Å². The summed E-state index contributed by atoms with van der Waals surface area (Å²) in [4.78, 5) is 5.44. The summed E-state index contributed by atoms with van der Waals surface area (Å²) in [5.74, 6) is 1.49. The van der Waals surface area contributed by atoms with Crippen LogP contribution in [0.3, 0.4) is 0 Å². The minimum atomic E-state index is 0.455. The predicted octanol–water partition coefficient (Wildman–Crippen LogP) is 4.35. The van der Waals surface area contributed by atoms with Crippen molar-refractivity contribution in [1.29, 1.82) is 0 Å². The predicted molar refractivity (Wildman–Crippen MR) is 87.8 cm³/mol. The summed E-state index contributed by atoms with van der Waals surface area (Å²) in [5.41, 5.74) is 6.46. The van der Waals surface area contributed by atoms with Gasteiger partial charge in [-0.15, -0.1) is 11.8 Å². The Labute approximate surface area is 127 Å². The first kappa shape index (κ1) is 15.8. The maximum atomic E-state index is 6.01. The number of hydrogen-bond donors (Lipinski definition) is 1. The lowest BCUT2D eigenvalue weighted by Crippen LogP contribution is -2.37. The molecule has 0 bridgehead atoms. The fourth-order valence-corrected chi connectivity index (χ4v) is 4.59. The third-order valence-electron chi connectivity index (χ3n) is 5.18. The van der Waals surface area contributed by atoms with E-state index < -0.39 is 0 Å². The zero-order chi connectivity index (χ0) is 14.6. The van der Waals surface area contributed by atoms with Gasteiger partial charge >= 0.3 is 0 Å². The Morgan fingerprint density at radius 2 is 2.00 bits per heavy atom. The van der Waals surface area contributed by atoms with E-state index in [4.69, 9.17) is 5.73 Å². The van der Waals surface area contributed by atoms with Gasteiger partial charge in [-0.2, -0.15) is 0 Å². The number of nitrogens with two attached hydrogens (primary N) is 1. The monoisotopic (exact) mass is 292 g/mol. The molecule has 0 saturated heterocycles. The lowest BCUT2D eigenvalue weighted by molar-refractivity contribution is 0.134. The van der Waals surface area contributed by atoms with Gasteiger partial charge in [0.1, 0.15) is 0 Å². The summed E-state index contributed by atoms with van der Waals surface area (Å²) in [6.45, 7) is 7.99. The molecule has 3 heteroatoms. The van der Waals surface area contributed by atoms with Crippen LogP contribution in [-0.2, 0) is 0 Å². The fourth-order valence-electron chi connectivity index (χ4n) is 3.20. The Kier molecular flexibility index (Phi) is 5.50. The van der Waals surface area contributed by atoms with Crippen molar-refractivity contribution in [2.75, 3.05) is 6.54 Å². The Bertz CT molecular complexity index is 405. The highest BCUT2D eigenvalue weighted by molar-refractivity contribution is 8.00. The van der Waals surface area contributed by atoms with Crippen molar-refractivity contribution in [3.8, 4) is 0 Å². The van der Waals surface area contributed by atoms with E-state index in [2.05, 4.69) is 37.9 Å². The van der Waals surface area contributed by atoms with Crippen molar-refractivity contribution < 1.29 is 0 Å². The van der Waals surface area contributed by atoms with Crippen LogP contribution in [0.5, 0.6) is 0 Å². The first-order valence-corrected chi connectivity index (χ1v) is 8.71. The van der Waals surface area contributed by atoms with Crippen molar-refractivity contribution in [2.24, 2.45) is 23.0 Å². The number of pyridine rings is 1. The van der Waals surface area contributed by atoms with Crippen LogP contribution in [0.2, 0.25) is 0 Å². The number of thioether (sulfide) groups is 1. The molecule has 2 nitrogen and oxygen atoms in total. The molecule has 0 aromatic carbocycles. The maximum Gasteiger partial charge on any atom is 0.0278 e. The molecule has 112 valence electrons. The normalized spacial score (nSPS) is 27.5. The summed E-state index contributed by atoms with van der Waals surface area (Å²) < 4.78 is 0. The van der Waals surface area contributed by atoms with Gasteiger partial charge in [0, 0.05) is 22.5 Å².